The summed E-state index contributed by atoms with van der Waals surface area (Å²) in [6.07, 6.45) is 2.96. The van der Waals surface area contributed by atoms with Gasteiger partial charge in [-0.05, 0) is 62.1 Å². The fourth-order valence-corrected chi connectivity index (χ4v) is 3.15. The number of rotatable bonds is 4. The molecule has 0 aliphatic carbocycles. The Hall–Kier alpha value is -2.29. The molecule has 0 saturated carbocycles. The van der Waals surface area contributed by atoms with Crippen LogP contribution in [0.2, 0.25) is 0 Å². The van der Waals surface area contributed by atoms with Crippen molar-refractivity contribution in [3.63, 3.8) is 0 Å². The van der Waals surface area contributed by atoms with E-state index in [1.54, 1.807) is 0 Å². The molecule has 0 radical (unpaired) electrons. The Bertz CT molecular complexity index is 685. The van der Waals surface area contributed by atoms with Crippen LogP contribution in [0.4, 0.5) is 11.4 Å². The van der Waals surface area contributed by atoms with Crippen LogP contribution in [0.25, 0.3) is 0 Å². The van der Waals surface area contributed by atoms with E-state index in [-0.39, 0.29) is 5.91 Å². The van der Waals surface area contributed by atoms with Crippen LogP contribution >= 0.6 is 0 Å². The summed E-state index contributed by atoms with van der Waals surface area (Å²) < 4.78 is 0. The zero-order valence-electron chi connectivity index (χ0n) is 13.9. The van der Waals surface area contributed by atoms with Gasteiger partial charge in [-0.25, -0.2) is 0 Å². The molecule has 1 saturated heterocycles. The van der Waals surface area contributed by atoms with Gasteiger partial charge in [-0.3, -0.25) is 4.79 Å². The summed E-state index contributed by atoms with van der Waals surface area (Å²) in [7, 11) is 0. The van der Waals surface area contributed by atoms with Gasteiger partial charge in [0.05, 0.1) is 6.42 Å². The molecule has 0 atom stereocenters. The molecule has 1 fully saturated rings. The second kappa shape index (κ2) is 6.86. The van der Waals surface area contributed by atoms with Crippen LogP contribution in [-0.4, -0.2) is 19.0 Å². The molecule has 3 heteroatoms. The normalized spacial score (nSPS) is 14.1. The van der Waals surface area contributed by atoms with Crippen LogP contribution in [0.3, 0.4) is 0 Å². The lowest BCUT2D eigenvalue weighted by Crippen LogP contribution is -2.18. The van der Waals surface area contributed by atoms with Gasteiger partial charge >= 0.3 is 0 Å². The average molecular weight is 308 g/mol. The molecular formula is C20H24N2O. The molecule has 0 unspecified atom stereocenters. The number of carbonyl (C=O) groups excluding carboxylic acids is 1. The van der Waals surface area contributed by atoms with Gasteiger partial charge in [0, 0.05) is 24.5 Å². The quantitative estimate of drug-likeness (QED) is 0.923. The molecule has 23 heavy (non-hydrogen) atoms. The molecule has 3 nitrogen and oxygen atoms in total. The lowest BCUT2D eigenvalue weighted by molar-refractivity contribution is -0.115. The maximum absolute atomic E-state index is 12.2. The van der Waals surface area contributed by atoms with Gasteiger partial charge in [-0.1, -0.05) is 23.8 Å². The summed E-state index contributed by atoms with van der Waals surface area (Å²) in [5.74, 6) is 0.0332. The van der Waals surface area contributed by atoms with Crippen molar-refractivity contribution in [2.45, 2.75) is 33.1 Å². The van der Waals surface area contributed by atoms with E-state index in [4.69, 9.17) is 0 Å². The third-order valence-corrected chi connectivity index (χ3v) is 4.47. The Morgan fingerprint density at radius 2 is 1.74 bits per heavy atom. The maximum Gasteiger partial charge on any atom is 0.228 e. The SMILES string of the molecule is Cc1ccc(CC(=O)Nc2ccc(N3CCCC3)cc2)c(C)c1. The van der Waals surface area contributed by atoms with Crippen molar-refractivity contribution in [1.82, 2.24) is 0 Å². The second-order valence-corrected chi connectivity index (χ2v) is 6.40. The number of amides is 1. The standard InChI is InChI=1S/C20H24N2O/c1-15-5-6-17(16(2)13-15)14-20(23)21-18-7-9-19(10-8-18)22-11-3-4-12-22/h5-10,13H,3-4,11-12,14H2,1-2H3,(H,21,23). The summed E-state index contributed by atoms with van der Waals surface area (Å²) in [5.41, 5.74) is 5.59. The molecule has 0 aromatic heterocycles. The van der Waals surface area contributed by atoms with Gasteiger partial charge < -0.3 is 10.2 Å². The van der Waals surface area contributed by atoms with Gasteiger partial charge in [0.1, 0.15) is 0 Å². The molecule has 1 heterocycles. The van der Waals surface area contributed by atoms with E-state index in [0.29, 0.717) is 6.42 Å². The molecule has 1 aliphatic rings. The molecule has 0 bridgehead atoms. The topological polar surface area (TPSA) is 32.3 Å². The number of carbonyl (C=O) groups is 1. The third-order valence-electron chi connectivity index (χ3n) is 4.47. The van der Waals surface area contributed by atoms with Crippen LogP contribution in [0, 0.1) is 13.8 Å². The van der Waals surface area contributed by atoms with E-state index >= 15 is 0 Å². The predicted octanol–water partition coefficient (Wildman–Crippen LogP) is 4.08. The van der Waals surface area contributed by atoms with E-state index in [2.05, 4.69) is 48.3 Å². The summed E-state index contributed by atoms with van der Waals surface area (Å²) in [6.45, 7) is 6.40. The van der Waals surface area contributed by atoms with Gasteiger partial charge in [-0.2, -0.15) is 0 Å². The van der Waals surface area contributed by atoms with Gasteiger partial charge in [0.2, 0.25) is 5.91 Å². The highest BCUT2D eigenvalue weighted by atomic mass is 16.1. The lowest BCUT2D eigenvalue weighted by Gasteiger charge is -2.17. The van der Waals surface area contributed by atoms with Crippen molar-refractivity contribution in [3.8, 4) is 0 Å². The highest BCUT2D eigenvalue weighted by Crippen LogP contribution is 2.22. The summed E-state index contributed by atoms with van der Waals surface area (Å²) in [6, 6.07) is 14.4. The molecule has 0 spiro atoms. The highest BCUT2D eigenvalue weighted by Gasteiger charge is 2.12. The number of anilines is 2. The Balaban J connectivity index is 1.61. The molecule has 1 N–H and O–H groups in total. The number of hydrogen-bond acceptors (Lipinski definition) is 2. The minimum Gasteiger partial charge on any atom is -0.372 e. The first-order valence-corrected chi connectivity index (χ1v) is 8.33. The van der Waals surface area contributed by atoms with Gasteiger partial charge in [0.15, 0.2) is 0 Å². The van der Waals surface area contributed by atoms with Gasteiger partial charge in [0.25, 0.3) is 0 Å². The van der Waals surface area contributed by atoms with E-state index in [1.807, 2.05) is 18.2 Å². The monoisotopic (exact) mass is 308 g/mol. The Kier molecular flexibility index (Phi) is 4.65. The van der Waals surface area contributed by atoms with Crippen LogP contribution in [-0.2, 0) is 11.2 Å². The maximum atomic E-state index is 12.2. The molecule has 1 aliphatic heterocycles. The van der Waals surface area contributed by atoms with Crippen LogP contribution in [0.1, 0.15) is 29.5 Å². The van der Waals surface area contributed by atoms with E-state index in [9.17, 15) is 4.79 Å². The number of hydrogen-bond donors (Lipinski definition) is 1. The minimum absolute atomic E-state index is 0.0332. The van der Waals surface area contributed by atoms with E-state index in [0.717, 1.165) is 24.3 Å². The first-order chi connectivity index (χ1) is 11.1. The third kappa shape index (κ3) is 3.92. The predicted molar refractivity (Wildman–Crippen MR) is 96.1 cm³/mol. The molecule has 2 aromatic carbocycles. The van der Waals surface area contributed by atoms with Gasteiger partial charge in [-0.15, -0.1) is 0 Å². The Morgan fingerprint density at radius 3 is 2.39 bits per heavy atom. The minimum atomic E-state index is 0.0332. The van der Waals surface area contributed by atoms with Crippen molar-refractivity contribution in [2.75, 3.05) is 23.3 Å². The van der Waals surface area contributed by atoms with Crippen LogP contribution < -0.4 is 10.2 Å². The first-order valence-electron chi connectivity index (χ1n) is 8.33. The number of nitrogens with one attached hydrogen (secondary N) is 1. The Morgan fingerprint density at radius 1 is 1.04 bits per heavy atom. The van der Waals surface area contributed by atoms with Crippen molar-refractivity contribution in [3.05, 3.63) is 59.2 Å². The largest absolute Gasteiger partial charge is 0.372 e. The van der Waals surface area contributed by atoms with Crippen molar-refractivity contribution in [2.24, 2.45) is 0 Å². The number of aryl methyl sites for hydroxylation is 2. The number of nitrogens with zero attached hydrogens (tertiary/aromatic N) is 1. The smallest absolute Gasteiger partial charge is 0.228 e. The van der Waals surface area contributed by atoms with Crippen molar-refractivity contribution in [1.29, 1.82) is 0 Å². The second-order valence-electron chi connectivity index (χ2n) is 6.40. The van der Waals surface area contributed by atoms with Crippen molar-refractivity contribution < 1.29 is 4.79 Å². The fraction of sp³-hybridized carbons (Fsp3) is 0.350. The number of benzene rings is 2. The summed E-state index contributed by atoms with van der Waals surface area (Å²) >= 11 is 0. The molecule has 3 rings (SSSR count). The van der Waals surface area contributed by atoms with Crippen molar-refractivity contribution >= 4 is 17.3 Å². The molecule has 120 valence electrons. The lowest BCUT2D eigenvalue weighted by atomic mass is 10.0. The van der Waals surface area contributed by atoms with Crippen LogP contribution in [0.15, 0.2) is 42.5 Å². The van der Waals surface area contributed by atoms with Crippen LogP contribution in [0.5, 0.6) is 0 Å². The highest BCUT2D eigenvalue weighted by molar-refractivity contribution is 5.92. The average Bonchev–Trinajstić information content (AvgIpc) is 3.05. The Labute approximate surface area is 138 Å². The first kappa shape index (κ1) is 15.6. The summed E-state index contributed by atoms with van der Waals surface area (Å²) in [5, 5.41) is 2.99. The zero-order chi connectivity index (χ0) is 16.2. The van der Waals surface area contributed by atoms with E-state index in [1.165, 1.54) is 29.7 Å². The summed E-state index contributed by atoms with van der Waals surface area (Å²) in [4.78, 5) is 14.6. The molecular weight excluding hydrogens is 284 g/mol. The molecule has 2 aromatic rings. The fourth-order valence-electron chi connectivity index (χ4n) is 3.15. The zero-order valence-corrected chi connectivity index (χ0v) is 13.9. The molecule has 1 amide bonds. The van der Waals surface area contributed by atoms with E-state index < -0.39 is 0 Å².